The summed E-state index contributed by atoms with van der Waals surface area (Å²) in [6.45, 7) is 2.73. The van der Waals surface area contributed by atoms with Crippen LogP contribution in [0.2, 0.25) is 0 Å². The molecule has 0 bridgehead atoms. The Morgan fingerprint density at radius 3 is 2.92 bits per heavy atom. The minimum atomic E-state index is -1.11. The second-order valence-corrected chi connectivity index (χ2v) is 3.77. The smallest absolute Gasteiger partial charge is 0.0880 e. The Morgan fingerprint density at radius 1 is 1.75 bits per heavy atom. The van der Waals surface area contributed by atoms with Crippen molar-refractivity contribution in [3.8, 4) is 0 Å². The van der Waals surface area contributed by atoms with Crippen LogP contribution in [0.1, 0.15) is 23.8 Å². The molecule has 0 aliphatic rings. The number of aromatic carboxylic acids is 1. The highest BCUT2D eigenvalue weighted by Gasteiger charge is 2.03. The van der Waals surface area contributed by atoms with E-state index in [0.717, 1.165) is 16.5 Å². The van der Waals surface area contributed by atoms with Gasteiger partial charge >= 0.3 is 0 Å². The number of carboxylic acids is 1. The average Bonchev–Trinajstić information content (AvgIpc) is 2.32. The SMILES string of the molecule is CCCn1cc(I)cc1C(=O)[O-]. The number of carbonyl (C=O) groups is 1. The maximum Gasteiger partial charge on any atom is 0.0880 e. The zero-order valence-corrected chi connectivity index (χ0v) is 8.87. The molecule has 0 saturated heterocycles. The molecule has 0 spiro atoms. The van der Waals surface area contributed by atoms with E-state index in [9.17, 15) is 9.90 Å². The summed E-state index contributed by atoms with van der Waals surface area (Å²) in [5, 5.41) is 10.6. The van der Waals surface area contributed by atoms with E-state index in [0.29, 0.717) is 0 Å². The molecule has 12 heavy (non-hydrogen) atoms. The van der Waals surface area contributed by atoms with Gasteiger partial charge in [0, 0.05) is 16.3 Å². The Kier molecular flexibility index (Phi) is 3.13. The predicted molar refractivity (Wildman–Crippen MR) is 51.8 cm³/mol. The third-order valence-electron chi connectivity index (χ3n) is 1.54. The molecule has 0 N–H and O–H groups in total. The number of carboxylic acid groups (broad SMARTS) is 1. The molecule has 0 atom stereocenters. The molecule has 0 aliphatic carbocycles. The summed E-state index contributed by atoms with van der Waals surface area (Å²) in [5.74, 6) is -1.11. The monoisotopic (exact) mass is 278 g/mol. The Bertz CT molecular complexity index is 293. The average molecular weight is 278 g/mol. The Balaban J connectivity index is 2.99. The Morgan fingerprint density at radius 2 is 2.42 bits per heavy atom. The van der Waals surface area contributed by atoms with E-state index in [2.05, 4.69) is 22.6 Å². The summed E-state index contributed by atoms with van der Waals surface area (Å²) < 4.78 is 2.64. The van der Waals surface area contributed by atoms with Crippen molar-refractivity contribution in [2.45, 2.75) is 19.9 Å². The molecule has 0 fully saturated rings. The first-order valence-electron chi connectivity index (χ1n) is 3.72. The van der Waals surface area contributed by atoms with Crippen LogP contribution in [0.4, 0.5) is 0 Å². The van der Waals surface area contributed by atoms with Crippen LogP contribution in [0.5, 0.6) is 0 Å². The fraction of sp³-hybridized carbons (Fsp3) is 0.375. The van der Waals surface area contributed by atoms with Gasteiger partial charge in [-0.2, -0.15) is 0 Å². The van der Waals surface area contributed by atoms with Crippen LogP contribution in [0.3, 0.4) is 0 Å². The summed E-state index contributed by atoms with van der Waals surface area (Å²) in [7, 11) is 0. The number of aryl methyl sites for hydroxylation is 1. The molecule has 0 saturated carbocycles. The molecule has 0 aromatic carbocycles. The molecular weight excluding hydrogens is 269 g/mol. The van der Waals surface area contributed by atoms with Crippen LogP contribution in [-0.4, -0.2) is 10.5 Å². The van der Waals surface area contributed by atoms with E-state index >= 15 is 0 Å². The summed E-state index contributed by atoms with van der Waals surface area (Å²) in [6, 6.07) is 1.62. The van der Waals surface area contributed by atoms with Crippen molar-refractivity contribution in [3.63, 3.8) is 0 Å². The molecule has 0 amide bonds. The normalized spacial score (nSPS) is 10.2. The first-order valence-corrected chi connectivity index (χ1v) is 4.80. The number of halogens is 1. The van der Waals surface area contributed by atoms with Crippen LogP contribution in [0.25, 0.3) is 0 Å². The van der Waals surface area contributed by atoms with Crippen LogP contribution in [-0.2, 0) is 6.54 Å². The lowest BCUT2D eigenvalue weighted by atomic mass is 10.4. The van der Waals surface area contributed by atoms with E-state index in [1.807, 2.05) is 13.1 Å². The molecule has 1 aromatic heterocycles. The summed E-state index contributed by atoms with van der Waals surface area (Å²) >= 11 is 2.09. The molecule has 4 heteroatoms. The van der Waals surface area contributed by atoms with Crippen LogP contribution in [0.15, 0.2) is 12.3 Å². The summed E-state index contributed by atoms with van der Waals surface area (Å²) in [4.78, 5) is 10.6. The van der Waals surface area contributed by atoms with E-state index in [1.165, 1.54) is 0 Å². The molecular formula is C8H9INO2-. The van der Waals surface area contributed by atoms with Gasteiger partial charge in [0.25, 0.3) is 0 Å². The second-order valence-electron chi connectivity index (χ2n) is 2.52. The zero-order chi connectivity index (χ0) is 9.14. The minimum Gasteiger partial charge on any atom is -0.543 e. The van der Waals surface area contributed by atoms with Gasteiger partial charge in [-0.3, -0.25) is 0 Å². The van der Waals surface area contributed by atoms with Gasteiger partial charge < -0.3 is 14.5 Å². The molecule has 0 unspecified atom stereocenters. The van der Waals surface area contributed by atoms with Crippen molar-refractivity contribution >= 4 is 28.6 Å². The first-order chi connectivity index (χ1) is 5.65. The van der Waals surface area contributed by atoms with Gasteiger partial charge in [0.1, 0.15) is 0 Å². The summed E-state index contributed by atoms with van der Waals surface area (Å²) in [6.07, 6.45) is 2.74. The number of hydrogen-bond donors (Lipinski definition) is 0. The lowest BCUT2D eigenvalue weighted by Crippen LogP contribution is -2.25. The minimum absolute atomic E-state index is 0.265. The van der Waals surface area contributed by atoms with Crippen molar-refractivity contribution in [2.24, 2.45) is 0 Å². The van der Waals surface area contributed by atoms with Gasteiger partial charge in [-0.05, 0) is 35.1 Å². The van der Waals surface area contributed by atoms with Crippen LogP contribution < -0.4 is 5.11 Å². The highest BCUT2D eigenvalue weighted by atomic mass is 127. The number of carbonyl (C=O) groups excluding carboxylic acids is 1. The largest absolute Gasteiger partial charge is 0.543 e. The van der Waals surface area contributed by atoms with Crippen molar-refractivity contribution in [3.05, 3.63) is 21.5 Å². The molecule has 3 nitrogen and oxygen atoms in total. The number of rotatable bonds is 3. The molecule has 0 aliphatic heterocycles. The van der Waals surface area contributed by atoms with Gasteiger partial charge in [0.15, 0.2) is 0 Å². The van der Waals surface area contributed by atoms with Crippen molar-refractivity contribution in [1.82, 2.24) is 4.57 Å². The number of nitrogens with zero attached hydrogens (tertiary/aromatic N) is 1. The predicted octanol–water partition coefficient (Wildman–Crippen LogP) is 0.866. The van der Waals surface area contributed by atoms with E-state index < -0.39 is 5.97 Å². The van der Waals surface area contributed by atoms with Crippen LogP contribution in [0, 0.1) is 3.57 Å². The quantitative estimate of drug-likeness (QED) is 0.770. The molecule has 66 valence electrons. The van der Waals surface area contributed by atoms with Gasteiger partial charge in [0.05, 0.1) is 11.7 Å². The van der Waals surface area contributed by atoms with E-state index in [4.69, 9.17) is 0 Å². The number of aromatic nitrogens is 1. The number of hydrogen-bond acceptors (Lipinski definition) is 2. The molecule has 0 radical (unpaired) electrons. The third kappa shape index (κ3) is 2.00. The lowest BCUT2D eigenvalue weighted by molar-refractivity contribution is -0.255. The van der Waals surface area contributed by atoms with Crippen molar-refractivity contribution in [2.75, 3.05) is 0 Å². The van der Waals surface area contributed by atoms with Gasteiger partial charge in [-0.25, -0.2) is 0 Å². The van der Waals surface area contributed by atoms with E-state index in [-0.39, 0.29) is 5.69 Å². The maximum absolute atomic E-state index is 10.6. The Labute approximate surface area is 84.5 Å². The van der Waals surface area contributed by atoms with Gasteiger partial charge in [0.2, 0.25) is 0 Å². The molecule has 1 rings (SSSR count). The highest BCUT2D eigenvalue weighted by molar-refractivity contribution is 14.1. The third-order valence-corrected chi connectivity index (χ3v) is 2.13. The first kappa shape index (κ1) is 9.57. The Hall–Kier alpha value is -0.520. The van der Waals surface area contributed by atoms with Crippen molar-refractivity contribution in [1.29, 1.82) is 0 Å². The summed E-state index contributed by atoms with van der Waals surface area (Å²) in [5.41, 5.74) is 0.265. The second kappa shape index (κ2) is 3.93. The maximum atomic E-state index is 10.6. The van der Waals surface area contributed by atoms with Gasteiger partial charge in [-0.15, -0.1) is 0 Å². The highest BCUT2D eigenvalue weighted by Crippen LogP contribution is 2.10. The fourth-order valence-electron chi connectivity index (χ4n) is 1.07. The van der Waals surface area contributed by atoms with Gasteiger partial charge in [-0.1, -0.05) is 6.92 Å². The molecule has 1 aromatic rings. The standard InChI is InChI=1S/C8H10INO2/c1-2-3-10-5-6(9)4-7(10)8(11)12/h4-5H,2-3H2,1H3,(H,11,12)/p-1. The van der Waals surface area contributed by atoms with Crippen molar-refractivity contribution < 1.29 is 9.90 Å². The lowest BCUT2D eigenvalue weighted by Gasteiger charge is -2.07. The van der Waals surface area contributed by atoms with Crippen LogP contribution >= 0.6 is 22.6 Å². The fourth-order valence-corrected chi connectivity index (χ4v) is 1.70. The zero-order valence-electron chi connectivity index (χ0n) is 6.71. The topological polar surface area (TPSA) is 45.1 Å². The molecule has 1 heterocycles. The van der Waals surface area contributed by atoms with E-state index in [1.54, 1.807) is 10.6 Å².